The van der Waals surface area contributed by atoms with Gasteiger partial charge in [-0.05, 0) is 49.9 Å². The molecule has 0 bridgehead atoms. The van der Waals surface area contributed by atoms with Crippen molar-refractivity contribution in [2.45, 2.75) is 54.8 Å². The maximum atomic E-state index is 12.5. The predicted octanol–water partition coefficient (Wildman–Crippen LogP) is 2.52. The summed E-state index contributed by atoms with van der Waals surface area (Å²) in [6.07, 6.45) is 4.72. The molecular formula is C16H21NO4S. The normalized spacial score (nSPS) is 22.8. The SMILES string of the molecule is O=C(Nc1ccc(S(=O)(=O)C2CCCC2)cc1)C1CCCO1. The zero-order valence-corrected chi connectivity index (χ0v) is 13.3. The first kappa shape index (κ1) is 15.5. The molecule has 1 aromatic carbocycles. The molecule has 2 aliphatic rings. The van der Waals surface area contributed by atoms with E-state index in [4.69, 9.17) is 4.74 Å². The molecule has 1 saturated carbocycles. The molecule has 1 N–H and O–H groups in total. The lowest BCUT2D eigenvalue weighted by atomic mass is 10.2. The molecule has 1 atom stereocenters. The zero-order valence-electron chi connectivity index (χ0n) is 12.5. The van der Waals surface area contributed by atoms with Gasteiger partial charge in [-0.3, -0.25) is 4.79 Å². The molecule has 1 aliphatic heterocycles. The average molecular weight is 323 g/mol. The first-order chi connectivity index (χ1) is 10.6. The summed E-state index contributed by atoms with van der Waals surface area (Å²) in [5.41, 5.74) is 0.603. The molecule has 22 heavy (non-hydrogen) atoms. The van der Waals surface area contributed by atoms with Crippen LogP contribution in [0.1, 0.15) is 38.5 Å². The number of carbonyl (C=O) groups excluding carboxylic acids is 1. The van der Waals surface area contributed by atoms with E-state index in [0.29, 0.717) is 17.2 Å². The van der Waals surface area contributed by atoms with Crippen molar-refractivity contribution in [2.75, 3.05) is 11.9 Å². The van der Waals surface area contributed by atoms with Crippen LogP contribution in [0.4, 0.5) is 5.69 Å². The summed E-state index contributed by atoms with van der Waals surface area (Å²) >= 11 is 0. The Hall–Kier alpha value is -1.40. The van der Waals surface area contributed by atoms with Crippen molar-refractivity contribution in [3.63, 3.8) is 0 Å². The summed E-state index contributed by atoms with van der Waals surface area (Å²) in [5, 5.41) is 2.52. The van der Waals surface area contributed by atoms with Gasteiger partial charge in [0.15, 0.2) is 9.84 Å². The molecule has 2 fully saturated rings. The number of benzene rings is 1. The predicted molar refractivity (Wildman–Crippen MR) is 83.5 cm³/mol. The van der Waals surface area contributed by atoms with Gasteiger partial charge in [-0.2, -0.15) is 0 Å². The van der Waals surface area contributed by atoms with Gasteiger partial charge in [0, 0.05) is 12.3 Å². The van der Waals surface area contributed by atoms with Gasteiger partial charge in [0.05, 0.1) is 10.1 Å². The van der Waals surface area contributed by atoms with Crippen LogP contribution in [0.5, 0.6) is 0 Å². The summed E-state index contributed by atoms with van der Waals surface area (Å²) in [7, 11) is -3.24. The largest absolute Gasteiger partial charge is 0.368 e. The standard InChI is InChI=1S/C16H21NO4S/c18-16(15-6-3-11-21-15)17-12-7-9-14(10-8-12)22(19,20)13-4-1-2-5-13/h7-10,13,15H,1-6,11H2,(H,17,18). The molecule has 1 heterocycles. The fraction of sp³-hybridized carbons (Fsp3) is 0.562. The fourth-order valence-corrected chi connectivity index (χ4v) is 4.98. The van der Waals surface area contributed by atoms with E-state index in [9.17, 15) is 13.2 Å². The van der Waals surface area contributed by atoms with E-state index in [1.54, 1.807) is 24.3 Å². The average Bonchev–Trinajstić information content (AvgIpc) is 3.21. The van der Waals surface area contributed by atoms with Gasteiger partial charge in [-0.25, -0.2) is 8.42 Å². The summed E-state index contributed by atoms with van der Waals surface area (Å²) in [6, 6.07) is 6.46. The molecule has 5 nitrogen and oxygen atoms in total. The summed E-state index contributed by atoms with van der Waals surface area (Å²) < 4.78 is 30.3. The zero-order chi connectivity index (χ0) is 15.6. The van der Waals surface area contributed by atoms with E-state index in [-0.39, 0.29) is 17.3 Å². The Morgan fingerprint density at radius 1 is 1.05 bits per heavy atom. The van der Waals surface area contributed by atoms with Crippen LogP contribution in [0.15, 0.2) is 29.2 Å². The smallest absolute Gasteiger partial charge is 0.253 e. The van der Waals surface area contributed by atoms with Gasteiger partial charge in [0.1, 0.15) is 6.10 Å². The van der Waals surface area contributed by atoms with Crippen LogP contribution in [-0.4, -0.2) is 32.3 Å². The van der Waals surface area contributed by atoms with Crippen molar-refractivity contribution in [1.82, 2.24) is 0 Å². The third-order valence-corrected chi connectivity index (χ3v) is 6.69. The molecule has 120 valence electrons. The van der Waals surface area contributed by atoms with Crippen molar-refractivity contribution in [3.8, 4) is 0 Å². The second kappa shape index (κ2) is 6.38. The van der Waals surface area contributed by atoms with Crippen molar-refractivity contribution in [3.05, 3.63) is 24.3 Å². The molecule has 0 aromatic heterocycles. The highest BCUT2D eigenvalue weighted by atomic mass is 32.2. The number of ether oxygens (including phenoxy) is 1. The minimum atomic E-state index is -3.24. The first-order valence-electron chi connectivity index (χ1n) is 7.84. The number of nitrogens with one attached hydrogen (secondary N) is 1. The molecule has 3 rings (SSSR count). The second-order valence-corrected chi connectivity index (χ2v) is 8.19. The fourth-order valence-electron chi connectivity index (χ4n) is 3.13. The first-order valence-corrected chi connectivity index (χ1v) is 9.38. The van der Waals surface area contributed by atoms with Crippen LogP contribution in [0.3, 0.4) is 0 Å². The van der Waals surface area contributed by atoms with E-state index in [0.717, 1.165) is 38.5 Å². The highest BCUT2D eigenvalue weighted by molar-refractivity contribution is 7.92. The van der Waals surface area contributed by atoms with Crippen molar-refractivity contribution < 1.29 is 17.9 Å². The summed E-state index contributed by atoms with van der Waals surface area (Å²) in [4.78, 5) is 12.3. The van der Waals surface area contributed by atoms with Crippen LogP contribution in [0, 0.1) is 0 Å². The third-order valence-electron chi connectivity index (χ3n) is 4.41. The number of hydrogen-bond donors (Lipinski definition) is 1. The van der Waals surface area contributed by atoms with Crippen molar-refractivity contribution >= 4 is 21.4 Å². The topological polar surface area (TPSA) is 72.5 Å². The lowest BCUT2D eigenvalue weighted by molar-refractivity contribution is -0.124. The van der Waals surface area contributed by atoms with E-state index < -0.39 is 9.84 Å². The highest BCUT2D eigenvalue weighted by Gasteiger charge is 2.30. The summed E-state index contributed by atoms with van der Waals surface area (Å²) in [5.74, 6) is -0.163. The van der Waals surface area contributed by atoms with Crippen LogP contribution < -0.4 is 5.32 Å². The number of sulfone groups is 1. The van der Waals surface area contributed by atoms with Gasteiger partial charge in [0.2, 0.25) is 0 Å². The van der Waals surface area contributed by atoms with E-state index >= 15 is 0 Å². The van der Waals surface area contributed by atoms with Gasteiger partial charge in [-0.15, -0.1) is 0 Å². The Bertz CT molecular complexity index is 627. The second-order valence-electron chi connectivity index (χ2n) is 5.97. The molecule has 6 heteroatoms. The molecule has 1 amide bonds. The quantitative estimate of drug-likeness (QED) is 0.924. The Labute approximate surface area is 131 Å². The minimum absolute atomic E-state index is 0.163. The van der Waals surface area contributed by atoms with Crippen LogP contribution in [0.25, 0.3) is 0 Å². The molecule has 0 spiro atoms. The van der Waals surface area contributed by atoms with Crippen LogP contribution in [-0.2, 0) is 19.4 Å². The Morgan fingerprint density at radius 3 is 2.32 bits per heavy atom. The molecule has 1 aromatic rings. The van der Waals surface area contributed by atoms with Gasteiger partial charge in [0.25, 0.3) is 5.91 Å². The van der Waals surface area contributed by atoms with E-state index in [1.807, 2.05) is 0 Å². The van der Waals surface area contributed by atoms with Crippen LogP contribution in [0.2, 0.25) is 0 Å². The molecule has 0 radical (unpaired) electrons. The summed E-state index contributed by atoms with van der Waals surface area (Å²) in [6.45, 7) is 0.622. The van der Waals surface area contributed by atoms with E-state index in [2.05, 4.69) is 5.32 Å². The lowest BCUT2D eigenvalue weighted by Gasteiger charge is -2.13. The molecule has 1 unspecified atom stereocenters. The van der Waals surface area contributed by atoms with Gasteiger partial charge >= 0.3 is 0 Å². The van der Waals surface area contributed by atoms with Gasteiger partial charge in [-0.1, -0.05) is 12.8 Å². The minimum Gasteiger partial charge on any atom is -0.368 e. The highest BCUT2D eigenvalue weighted by Crippen LogP contribution is 2.30. The molecular weight excluding hydrogens is 302 g/mol. The number of anilines is 1. The Balaban J connectivity index is 1.68. The number of carbonyl (C=O) groups is 1. The van der Waals surface area contributed by atoms with Crippen molar-refractivity contribution in [2.24, 2.45) is 0 Å². The van der Waals surface area contributed by atoms with Crippen LogP contribution >= 0.6 is 0 Å². The van der Waals surface area contributed by atoms with Gasteiger partial charge < -0.3 is 10.1 Å². The number of rotatable bonds is 4. The Morgan fingerprint density at radius 2 is 1.73 bits per heavy atom. The lowest BCUT2D eigenvalue weighted by Crippen LogP contribution is -2.26. The molecule has 1 saturated heterocycles. The van der Waals surface area contributed by atoms with E-state index in [1.165, 1.54) is 0 Å². The monoisotopic (exact) mass is 323 g/mol. The van der Waals surface area contributed by atoms with Crippen molar-refractivity contribution in [1.29, 1.82) is 0 Å². The third kappa shape index (κ3) is 3.17. The molecule has 1 aliphatic carbocycles. The maximum absolute atomic E-state index is 12.5. The Kier molecular flexibility index (Phi) is 4.49. The maximum Gasteiger partial charge on any atom is 0.253 e. The number of hydrogen-bond acceptors (Lipinski definition) is 4. The number of amides is 1.